The van der Waals surface area contributed by atoms with Crippen LogP contribution in [0, 0.1) is 5.92 Å². The minimum Gasteiger partial charge on any atom is -0.463 e. The Labute approximate surface area is 114 Å². The number of nitrogens with two attached hydrogens (primary N) is 1. The Morgan fingerprint density at radius 3 is 2.42 bits per heavy atom. The van der Waals surface area contributed by atoms with Gasteiger partial charge < -0.3 is 20.5 Å². The fraction of sp³-hybridized carbons (Fsp3) is 0.846. The third kappa shape index (κ3) is 4.80. The second-order valence-electron chi connectivity index (χ2n) is 5.37. The van der Waals surface area contributed by atoms with Crippen molar-refractivity contribution in [2.45, 2.75) is 45.3 Å². The molecule has 1 atom stereocenters. The summed E-state index contributed by atoms with van der Waals surface area (Å²) in [6.07, 6.45) is 0.856. The lowest BCUT2D eigenvalue weighted by Gasteiger charge is -2.32. The number of amides is 1. The molecule has 1 rings (SSSR count). The van der Waals surface area contributed by atoms with E-state index >= 15 is 0 Å². The lowest BCUT2D eigenvalue weighted by Crippen LogP contribution is -2.57. The highest BCUT2D eigenvalue weighted by Crippen LogP contribution is 2.17. The largest absolute Gasteiger partial charge is 0.463 e. The van der Waals surface area contributed by atoms with Gasteiger partial charge in [-0.15, -0.1) is 0 Å². The van der Waals surface area contributed by atoms with E-state index in [9.17, 15) is 9.59 Å². The zero-order chi connectivity index (χ0) is 14.5. The topological polar surface area (TPSA) is 90.7 Å². The maximum atomic E-state index is 12.0. The van der Waals surface area contributed by atoms with Crippen molar-refractivity contribution < 1.29 is 19.1 Å². The Bertz CT molecular complexity index is 325. The van der Waals surface area contributed by atoms with Crippen LogP contribution in [0.2, 0.25) is 0 Å². The monoisotopic (exact) mass is 272 g/mol. The van der Waals surface area contributed by atoms with Crippen molar-refractivity contribution in [1.29, 1.82) is 0 Å². The van der Waals surface area contributed by atoms with Gasteiger partial charge in [0.1, 0.15) is 0 Å². The highest BCUT2D eigenvalue weighted by atomic mass is 16.5. The van der Waals surface area contributed by atoms with Gasteiger partial charge in [-0.2, -0.15) is 0 Å². The van der Waals surface area contributed by atoms with Crippen LogP contribution in [0.15, 0.2) is 0 Å². The van der Waals surface area contributed by atoms with Crippen LogP contribution in [0.1, 0.15) is 33.6 Å². The van der Waals surface area contributed by atoms with Crippen LogP contribution >= 0.6 is 0 Å². The van der Waals surface area contributed by atoms with Gasteiger partial charge in [0.2, 0.25) is 5.91 Å². The van der Waals surface area contributed by atoms with Crippen LogP contribution in [0.4, 0.5) is 0 Å². The fourth-order valence-corrected chi connectivity index (χ4v) is 1.82. The zero-order valence-corrected chi connectivity index (χ0v) is 11.9. The molecular weight excluding hydrogens is 248 g/mol. The second-order valence-corrected chi connectivity index (χ2v) is 5.37. The molecule has 1 aliphatic rings. The number of ether oxygens (including phenoxy) is 2. The third-order valence-electron chi connectivity index (χ3n) is 3.16. The van der Waals surface area contributed by atoms with E-state index in [4.69, 9.17) is 15.2 Å². The molecule has 0 aromatic carbocycles. The minimum absolute atomic E-state index is 0.151. The second kappa shape index (κ2) is 6.86. The summed E-state index contributed by atoms with van der Waals surface area (Å²) in [5.74, 6) is -0.914. The van der Waals surface area contributed by atoms with Crippen molar-refractivity contribution >= 4 is 11.9 Å². The SMILES string of the molecule is CC(C)OC(=O)C(C)CNC(=O)C1(N)CCOCC1. The number of carbonyl (C=O) groups is 2. The van der Waals surface area contributed by atoms with E-state index in [1.165, 1.54) is 0 Å². The lowest BCUT2D eigenvalue weighted by atomic mass is 9.90. The Morgan fingerprint density at radius 1 is 1.32 bits per heavy atom. The first-order valence-corrected chi connectivity index (χ1v) is 6.70. The summed E-state index contributed by atoms with van der Waals surface area (Å²) < 4.78 is 10.3. The molecule has 6 nitrogen and oxygen atoms in total. The average molecular weight is 272 g/mol. The highest BCUT2D eigenvalue weighted by Gasteiger charge is 2.36. The van der Waals surface area contributed by atoms with Gasteiger partial charge in [-0.05, 0) is 26.7 Å². The summed E-state index contributed by atoms with van der Waals surface area (Å²) in [5.41, 5.74) is 5.16. The van der Waals surface area contributed by atoms with Gasteiger partial charge in [0.05, 0.1) is 17.6 Å². The van der Waals surface area contributed by atoms with E-state index in [2.05, 4.69) is 5.32 Å². The molecule has 0 spiro atoms. The molecule has 1 fully saturated rings. The molecule has 1 unspecified atom stereocenters. The number of hydrogen-bond donors (Lipinski definition) is 2. The number of hydrogen-bond acceptors (Lipinski definition) is 5. The molecular formula is C13H24N2O4. The molecule has 0 aromatic heterocycles. The Balaban J connectivity index is 2.39. The lowest BCUT2D eigenvalue weighted by molar-refractivity contribution is -0.151. The molecule has 1 saturated heterocycles. The summed E-state index contributed by atoms with van der Waals surface area (Å²) >= 11 is 0. The van der Waals surface area contributed by atoms with Gasteiger partial charge in [0.25, 0.3) is 0 Å². The quantitative estimate of drug-likeness (QED) is 0.698. The standard InChI is InChI=1S/C13H24N2O4/c1-9(2)19-11(16)10(3)8-15-12(17)13(14)4-6-18-7-5-13/h9-10H,4-8,14H2,1-3H3,(H,15,17). The summed E-state index contributed by atoms with van der Waals surface area (Å²) in [7, 11) is 0. The molecule has 0 aliphatic carbocycles. The first-order chi connectivity index (χ1) is 8.85. The summed E-state index contributed by atoms with van der Waals surface area (Å²) in [6, 6.07) is 0. The van der Waals surface area contributed by atoms with E-state index in [1.54, 1.807) is 20.8 Å². The molecule has 110 valence electrons. The van der Waals surface area contributed by atoms with Gasteiger partial charge >= 0.3 is 5.97 Å². The first-order valence-electron chi connectivity index (χ1n) is 6.70. The molecule has 1 aliphatic heterocycles. The molecule has 3 N–H and O–H groups in total. The molecule has 0 bridgehead atoms. The van der Waals surface area contributed by atoms with Crippen LogP contribution in [-0.2, 0) is 19.1 Å². The predicted molar refractivity (Wildman–Crippen MR) is 70.4 cm³/mol. The highest BCUT2D eigenvalue weighted by molar-refractivity contribution is 5.86. The van der Waals surface area contributed by atoms with Crippen molar-refractivity contribution in [2.75, 3.05) is 19.8 Å². The zero-order valence-electron chi connectivity index (χ0n) is 11.9. The molecule has 1 heterocycles. The van der Waals surface area contributed by atoms with Crippen LogP contribution in [0.5, 0.6) is 0 Å². The Kier molecular flexibility index (Phi) is 5.75. The Hall–Kier alpha value is -1.14. The van der Waals surface area contributed by atoms with Crippen LogP contribution in [0.25, 0.3) is 0 Å². The predicted octanol–water partition coefficient (Wildman–Crippen LogP) is 0.198. The van der Waals surface area contributed by atoms with Crippen LogP contribution in [-0.4, -0.2) is 43.3 Å². The summed E-state index contributed by atoms with van der Waals surface area (Å²) in [6.45, 7) is 6.53. The van der Waals surface area contributed by atoms with E-state index in [1.807, 2.05) is 0 Å². The molecule has 6 heteroatoms. The summed E-state index contributed by atoms with van der Waals surface area (Å²) in [5, 5.41) is 2.73. The van der Waals surface area contributed by atoms with Gasteiger partial charge in [-0.25, -0.2) is 0 Å². The minimum atomic E-state index is -0.875. The van der Waals surface area contributed by atoms with Gasteiger partial charge in [-0.3, -0.25) is 9.59 Å². The number of nitrogens with one attached hydrogen (secondary N) is 1. The normalized spacial score (nSPS) is 19.8. The van der Waals surface area contributed by atoms with E-state index in [-0.39, 0.29) is 30.4 Å². The van der Waals surface area contributed by atoms with Gasteiger partial charge in [0, 0.05) is 19.8 Å². The van der Waals surface area contributed by atoms with E-state index in [0.29, 0.717) is 26.1 Å². The first kappa shape index (κ1) is 15.9. The number of esters is 1. The van der Waals surface area contributed by atoms with Gasteiger partial charge in [0.15, 0.2) is 0 Å². The number of rotatable bonds is 5. The van der Waals surface area contributed by atoms with E-state index < -0.39 is 5.54 Å². The maximum absolute atomic E-state index is 12.0. The molecule has 0 saturated carbocycles. The number of carbonyl (C=O) groups excluding carboxylic acids is 2. The third-order valence-corrected chi connectivity index (χ3v) is 3.16. The van der Waals surface area contributed by atoms with Crippen molar-refractivity contribution in [1.82, 2.24) is 5.32 Å². The molecule has 19 heavy (non-hydrogen) atoms. The summed E-state index contributed by atoms with van der Waals surface area (Å²) in [4.78, 5) is 23.6. The van der Waals surface area contributed by atoms with Crippen molar-refractivity contribution in [3.8, 4) is 0 Å². The maximum Gasteiger partial charge on any atom is 0.310 e. The molecule has 0 aromatic rings. The van der Waals surface area contributed by atoms with Crippen LogP contribution < -0.4 is 11.1 Å². The Morgan fingerprint density at radius 2 is 1.89 bits per heavy atom. The fourth-order valence-electron chi connectivity index (χ4n) is 1.82. The van der Waals surface area contributed by atoms with Crippen molar-refractivity contribution in [2.24, 2.45) is 11.7 Å². The average Bonchev–Trinajstić information content (AvgIpc) is 2.35. The van der Waals surface area contributed by atoms with Crippen molar-refractivity contribution in [3.05, 3.63) is 0 Å². The van der Waals surface area contributed by atoms with Crippen LogP contribution in [0.3, 0.4) is 0 Å². The van der Waals surface area contributed by atoms with Crippen molar-refractivity contribution in [3.63, 3.8) is 0 Å². The molecule has 0 radical (unpaired) electrons. The smallest absolute Gasteiger partial charge is 0.310 e. The van der Waals surface area contributed by atoms with E-state index in [0.717, 1.165) is 0 Å². The van der Waals surface area contributed by atoms with Gasteiger partial charge in [-0.1, -0.05) is 6.92 Å². The molecule has 1 amide bonds.